The summed E-state index contributed by atoms with van der Waals surface area (Å²) in [6.45, 7) is 0. The molecule has 0 radical (unpaired) electrons. The minimum Gasteiger partial charge on any atom is -0.340 e. The summed E-state index contributed by atoms with van der Waals surface area (Å²) < 4.78 is 0. The fraction of sp³-hybridized carbons (Fsp3) is 0.600. The lowest BCUT2D eigenvalue weighted by Gasteiger charge is -2.04. The monoisotopic (exact) mass is 178 g/mol. The first-order valence-electron chi connectivity index (χ1n) is 4.87. The van der Waals surface area contributed by atoms with Crippen molar-refractivity contribution in [2.75, 3.05) is 0 Å². The topological polar surface area (TPSA) is 45.8 Å². The molecule has 0 amide bonds. The van der Waals surface area contributed by atoms with Crippen LogP contribution < -0.4 is 0 Å². The van der Waals surface area contributed by atoms with Crippen molar-refractivity contribution in [3.05, 3.63) is 17.7 Å². The van der Waals surface area contributed by atoms with Crippen LogP contribution in [-0.2, 0) is 6.42 Å². The molecule has 3 heteroatoms. The predicted molar refractivity (Wildman–Crippen MR) is 49.6 cm³/mol. The van der Waals surface area contributed by atoms with Gasteiger partial charge >= 0.3 is 0 Å². The molecule has 2 rings (SSSR count). The zero-order valence-corrected chi connectivity index (χ0v) is 7.62. The molecule has 1 aliphatic rings. The first-order valence-corrected chi connectivity index (χ1v) is 4.87. The molecule has 1 aliphatic carbocycles. The van der Waals surface area contributed by atoms with Crippen LogP contribution in [0.1, 0.15) is 42.0 Å². The zero-order valence-electron chi connectivity index (χ0n) is 7.62. The Labute approximate surface area is 77.6 Å². The van der Waals surface area contributed by atoms with Gasteiger partial charge in [0.1, 0.15) is 5.82 Å². The zero-order chi connectivity index (χ0) is 9.10. The van der Waals surface area contributed by atoms with Gasteiger partial charge in [-0.3, -0.25) is 4.79 Å². The Balaban J connectivity index is 1.96. The van der Waals surface area contributed by atoms with Gasteiger partial charge in [-0.1, -0.05) is 25.7 Å². The number of hydrogen-bond donors (Lipinski definition) is 1. The highest BCUT2D eigenvalue weighted by Crippen LogP contribution is 2.26. The number of carbonyl (C=O) groups is 1. The lowest BCUT2D eigenvalue weighted by atomic mass is 10.0. The van der Waals surface area contributed by atoms with Crippen LogP contribution in [0.4, 0.5) is 0 Å². The SMILES string of the molecule is O=Cc1cnc(CC2CCCC2)[nH]1. The molecule has 0 spiro atoms. The number of aldehydes is 1. The summed E-state index contributed by atoms with van der Waals surface area (Å²) in [5, 5.41) is 0. The Morgan fingerprint density at radius 1 is 1.54 bits per heavy atom. The van der Waals surface area contributed by atoms with Gasteiger partial charge in [-0.25, -0.2) is 4.98 Å². The third-order valence-corrected chi connectivity index (χ3v) is 2.73. The van der Waals surface area contributed by atoms with E-state index in [1.54, 1.807) is 6.20 Å². The van der Waals surface area contributed by atoms with Gasteiger partial charge in [-0.2, -0.15) is 0 Å². The van der Waals surface area contributed by atoms with E-state index in [1.165, 1.54) is 25.7 Å². The van der Waals surface area contributed by atoms with Gasteiger partial charge in [0.05, 0.1) is 11.9 Å². The smallest absolute Gasteiger partial charge is 0.167 e. The number of carbonyl (C=O) groups excluding carboxylic acids is 1. The van der Waals surface area contributed by atoms with Crippen LogP contribution in [0.25, 0.3) is 0 Å². The number of nitrogens with one attached hydrogen (secondary N) is 1. The number of hydrogen-bond acceptors (Lipinski definition) is 2. The molecule has 1 saturated carbocycles. The van der Waals surface area contributed by atoms with Gasteiger partial charge in [0, 0.05) is 6.42 Å². The summed E-state index contributed by atoms with van der Waals surface area (Å²) in [5.41, 5.74) is 0.591. The quantitative estimate of drug-likeness (QED) is 0.719. The van der Waals surface area contributed by atoms with Gasteiger partial charge in [0.15, 0.2) is 6.29 Å². The molecular formula is C10H14N2O. The molecule has 70 valence electrons. The normalized spacial score (nSPS) is 17.8. The maximum Gasteiger partial charge on any atom is 0.167 e. The van der Waals surface area contributed by atoms with Crippen molar-refractivity contribution in [2.45, 2.75) is 32.1 Å². The van der Waals surface area contributed by atoms with Crippen molar-refractivity contribution in [2.24, 2.45) is 5.92 Å². The maximum atomic E-state index is 10.4. The van der Waals surface area contributed by atoms with Crippen molar-refractivity contribution < 1.29 is 4.79 Å². The predicted octanol–water partition coefficient (Wildman–Crippen LogP) is 1.95. The van der Waals surface area contributed by atoms with Crippen LogP contribution >= 0.6 is 0 Å². The highest BCUT2D eigenvalue weighted by atomic mass is 16.1. The third kappa shape index (κ3) is 1.97. The van der Waals surface area contributed by atoms with E-state index in [4.69, 9.17) is 0 Å². The Hall–Kier alpha value is -1.12. The van der Waals surface area contributed by atoms with Crippen LogP contribution in [-0.4, -0.2) is 16.3 Å². The van der Waals surface area contributed by atoms with Crippen molar-refractivity contribution in [3.8, 4) is 0 Å². The first-order chi connectivity index (χ1) is 6.38. The molecule has 0 atom stereocenters. The second-order valence-electron chi connectivity index (χ2n) is 3.76. The van der Waals surface area contributed by atoms with Crippen LogP contribution in [0.3, 0.4) is 0 Å². The maximum absolute atomic E-state index is 10.4. The molecule has 0 bridgehead atoms. The van der Waals surface area contributed by atoms with Crippen molar-refractivity contribution in [1.29, 1.82) is 0 Å². The van der Waals surface area contributed by atoms with Gasteiger partial charge < -0.3 is 4.98 Å². The summed E-state index contributed by atoms with van der Waals surface area (Å²) in [4.78, 5) is 17.6. The largest absolute Gasteiger partial charge is 0.340 e. The fourth-order valence-electron chi connectivity index (χ4n) is 2.03. The second-order valence-corrected chi connectivity index (χ2v) is 3.76. The number of H-pyrrole nitrogens is 1. The Morgan fingerprint density at radius 3 is 2.92 bits per heavy atom. The molecule has 1 heterocycles. The lowest BCUT2D eigenvalue weighted by Crippen LogP contribution is -2.00. The number of imidazole rings is 1. The van der Waals surface area contributed by atoms with Crippen molar-refractivity contribution >= 4 is 6.29 Å². The van der Waals surface area contributed by atoms with Crippen LogP contribution in [0.15, 0.2) is 6.20 Å². The van der Waals surface area contributed by atoms with Crippen molar-refractivity contribution in [1.82, 2.24) is 9.97 Å². The lowest BCUT2D eigenvalue weighted by molar-refractivity contribution is 0.111. The number of aromatic nitrogens is 2. The van der Waals surface area contributed by atoms with E-state index < -0.39 is 0 Å². The van der Waals surface area contributed by atoms with Crippen LogP contribution in [0, 0.1) is 5.92 Å². The fourth-order valence-corrected chi connectivity index (χ4v) is 2.03. The van der Waals surface area contributed by atoms with Gasteiger partial charge in [-0.15, -0.1) is 0 Å². The van der Waals surface area contributed by atoms with Gasteiger partial charge in [0.25, 0.3) is 0 Å². The summed E-state index contributed by atoms with van der Waals surface area (Å²) in [6.07, 6.45) is 8.77. The average Bonchev–Trinajstić information content (AvgIpc) is 2.76. The summed E-state index contributed by atoms with van der Waals surface area (Å²) in [6, 6.07) is 0. The van der Waals surface area contributed by atoms with E-state index in [0.29, 0.717) is 5.69 Å². The van der Waals surface area contributed by atoms with E-state index in [9.17, 15) is 4.79 Å². The number of rotatable bonds is 3. The molecule has 0 aliphatic heterocycles. The minimum absolute atomic E-state index is 0.591. The standard InChI is InChI=1S/C10H14N2O/c13-7-9-6-11-10(12-9)5-8-3-1-2-4-8/h6-8H,1-5H2,(H,11,12). The molecule has 0 unspecified atom stereocenters. The Bertz CT molecular complexity index is 287. The minimum atomic E-state index is 0.591. The molecule has 13 heavy (non-hydrogen) atoms. The molecule has 3 nitrogen and oxygen atoms in total. The average molecular weight is 178 g/mol. The molecule has 1 fully saturated rings. The second kappa shape index (κ2) is 3.73. The molecule has 0 aromatic carbocycles. The summed E-state index contributed by atoms with van der Waals surface area (Å²) >= 11 is 0. The number of nitrogens with zero attached hydrogens (tertiary/aromatic N) is 1. The van der Waals surface area contributed by atoms with Crippen LogP contribution in [0.2, 0.25) is 0 Å². The van der Waals surface area contributed by atoms with Crippen molar-refractivity contribution in [3.63, 3.8) is 0 Å². The van der Waals surface area contributed by atoms with Gasteiger partial charge in [-0.05, 0) is 5.92 Å². The van der Waals surface area contributed by atoms with E-state index in [-0.39, 0.29) is 0 Å². The number of aromatic amines is 1. The molecular weight excluding hydrogens is 164 g/mol. The molecule has 1 aromatic rings. The van der Waals surface area contributed by atoms with E-state index in [0.717, 1.165) is 24.4 Å². The van der Waals surface area contributed by atoms with E-state index >= 15 is 0 Å². The summed E-state index contributed by atoms with van der Waals surface area (Å²) in [5.74, 6) is 1.75. The first kappa shape index (κ1) is 8.48. The Kier molecular flexibility index (Phi) is 2.43. The molecule has 1 aromatic heterocycles. The van der Waals surface area contributed by atoms with Crippen LogP contribution in [0.5, 0.6) is 0 Å². The van der Waals surface area contributed by atoms with Gasteiger partial charge in [0.2, 0.25) is 0 Å². The molecule has 0 saturated heterocycles. The highest BCUT2D eigenvalue weighted by molar-refractivity contribution is 5.71. The Morgan fingerprint density at radius 2 is 2.31 bits per heavy atom. The third-order valence-electron chi connectivity index (χ3n) is 2.73. The molecule has 1 N–H and O–H groups in total. The van der Waals surface area contributed by atoms with E-state index in [2.05, 4.69) is 9.97 Å². The van der Waals surface area contributed by atoms with E-state index in [1.807, 2.05) is 0 Å². The highest BCUT2D eigenvalue weighted by Gasteiger charge is 2.16. The summed E-state index contributed by atoms with van der Waals surface area (Å²) in [7, 11) is 0.